The van der Waals surface area contributed by atoms with E-state index in [9.17, 15) is 4.79 Å². The van der Waals surface area contributed by atoms with Crippen molar-refractivity contribution in [1.82, 2.24) is 10.2 Å². The number of hydrogen-bond acceptors (Lipinski definition) is 2. The molecule has 1 aromatic rings. The average molecular weight is 262 g/mol. The maximum Gasteiger partial charge on any atom is 0.317 e. The van der Waals surface area contributed by atoms with Gasteiger partial charge in [-0.15, -0.1) is 0 Å². The lowest BCUT2D eigenvalue weighted by atomic mass is 10.1. The van der Waals surface area contributed by atoms with Crippen LogP contribution in [0.3, 0.4) is 0 Å². The zero-order valence-electron chi connectivity index (χ0n) is 11.3. The highest BCUT2D eigenvalue weighted by Gasteiger charge is 2.14. The minimum Gasteiger partial charge on any atom is -0.392 e. The number of likely N-dealkylation sites (tertiary alicyclic amines) is 1. The molecular weight excluding hydrogens is 240 g/mol. The summed E-state index contributed by atoms with van der Waals surface area (Å²) in [6.45, 7) is 2.28. The minimum absolute atomic E-state index is 0.0244. The third-order valence-electron chi connectivity index (χ3n) is 3.51. The molecule has 104 valence electrons. The predicted octanol–water partition coefficient (Wildman–Crippen LogP) is 2.26. The highest BCUT2D eigenvalue weighted by atomic mass is 16.3. The molecule has 1 aliphatic heterocycles. The Bertz CT molecular complexity index is 412. The zero-order chi connectivity index (χ0) is 13.5. The summed E-state index contributed by atoms with van der Waals surface area (Å²) in [4.78, 5) is 13.9. The van der Waals surface area contributed by atoms with Crippen molar-refractivity contribution in [1.29, 1.82) is 0 Å². The fourth-order valence-corrected chi connectivity index (χ4v) is 2.40. The molecule has 2 amide bonds. The second-order valence-electron chi connectivity index (χ2n) is 5.04. The number of carbonyl (C=O) groups is 1. The minimum atomic E-state index is 0.0244. The summed E-state index contributed by atoms with van der Waals surface area (Å²) in [6, 6.07) is 7.68. The first-order valence-electron chi connectivity index (χ1n) is 7.01. The first-order chi connectivity index (χ1) is 9.29. The van der Waals surface area contributed by atoms with Gasteiger partial charge in [0.15, 0.2) is 0 Å². The van der Waals surface area contributed by atoms with Crippen molar-refractivity contribution in [3.63, 3.8) is 0 Å². The van der Waals surface area contributed by atoms with Gasteiger partial charge in [-0.3, -0.25) is 0 Å². The van der Waals surface area contributed by atoms with E-state index in [2.05, 4.69) is 5.32 Å². The van der Waals surface area contributed by atoms with Crippen LogP contribution in [-0.4, -0.2) is 29.1 Å². The van der Waals surface area contributed by atoms with Crippen molar-refractivity contribution in [3.05, 3.63) is 35.4 Å². The molecule has 0 aromatic heterocycles. The normalized spacial score (nSPS) is 15.9. The number of aliphatic hydroxyl groups is 1. The van der Waals surface area contributed by atoms with Gasteiger partial charge in [0.25, 0.3) is 0 Å². The summed E-state index contributed by atoms with van der Waals surface area (Å²) in [6.07, 6.45) is 4.66. The topological polar surface area (TPSA) is 52.6 Å². The van der Waals surface area contributed by atoms with E-state index in [1.165, 1.54) is 12.8 Å². The molecule has 1 saturated heterocycles. The molecule has 4 nitrogen and oxygen atoms in total. The lowest BCUT2D eigenvalue weighted by Gasteiger charge is -2.20. The molecular formula is C15H22N2O2. The molecule has 0 saturated carbocycles. The largest absolute Gasteiger partial charge is 0.392 e. The van der Waals surface area contributed by atoms with Gasteiger partial charge in [0.1, 0.15) is 0 Å². The number of rotatable bonds is 3. The molecule has 0 radical (unpaired) electrons. The van der Waals surface area contributed by atoms with Gasteiger partial charge in [-0.25, -0.2) is 4.79 Å². The lowest BCUT2D eigenvalue weighted by molar-refractivity contribution is 0.199. The van der Waals surface area contributed by atoms with Crippen LogP contribution in [0.1, 0.15) is 36.8 Å². The van der Waals surface area contributed by atoms with Crippen molar-refractivity contribution >= 4 is 6.03 Å². The van der Waals surface area contributed by atoms with Crippen LogP contribution >= 0.6 is 0 Å². The van der Waals surface area contributed by atoms with Crippen LogP contribution in [0.25, 0.3) is 0 Å². The Morgan fingerprint density at radius 1 is 1.16 bits per heavy atom. The van der Waals surface area contributed by atoms with E-state index in [4.69, 9.17) is 5.11 Å². The van der Waals surface area contributed by atoms with Crippen molar-refractivity contribution < 1.29 is 9.90 Å². The molecule has 2 rings (SSSR count). The fourth-order valence-electron chi connectivity index (χ4n) is 2.40. The van der Waals surface area contributed by atoms with Gasteiger partial charge >= 0.3 is 6.03 Å². The zero-order valence-corrected chi connectivity index (χ0v) is 11.3. The van der Waals surface area contributed by atoms with Crippen LogP contribution < -0.4 is 5.32 Å². The number of hydrogen-bond donors (Lipinski definition) is 2. The SMILES string of the molecule is O=C(NCc1cccc(CO)c1)N1CCCCCC1. The van der Waals surface area contributed by atoms with E-state index in [0.29, 0.717) is 6.54 Å². The molecule has 1 aliphatic rings. The van der Waals surface area contributed by atoms with Gasteiger partial charge in [0, 0.05) is 19.6 Å². The van der Waals surface area contributed by atoms with Gasteiger partial charge in [0.05, 0.1) is 6.61 Å². The number of aliphatic hydroxyl groups excluding tert-OH is 1. The van der Waals surface area contributed by atoms with Gasteiger partial charge < -0.3 is 15.3 Å². The second-order valence-corrected chi connectivity index (χ2v) is 5.04. The van der Waals surface area contributed by atoms with E-state index in [0.717, 1.165) is 37.1 Å². The Morgan fingerprint density at radius 3 is 2.53 bits per heavy atom. The second kappa shape index (κ2) is 7.14. The quantitative estimate of drug-likeness (QED) is 0.878. The van der Waals surface area contributed by atoms with Crippen LogP contribution in [0, 0.1) is 0 Å². The van der Waals surface area contributed by atoms with Crippen LogP contribution in [0.2, 0.25) is 0 Å². The Kier molecular flexibility index (Phi) is 5.21. The van der Waals surface area contributed by atoms with Gasteiger partial charge in [-0.05, 0) is 24.0 Å². The molecule has 0 spiro atoms. The number of nitrogens with one attached hydrogen (secondary N) is 1. The molecule has 4 heteroatoms. The smallest absolute Gasteiger partial charge is 0.317 e. The van der Waals surface area contributed by atoms with E-state index in [1.807, 2.05) is 29.2 Å². The maximum atomic E-state index is 12.0. The molecule has 1 fully saturated rings. The summed E-state index contributed by atoms with van der Waals surface area (Å²) in [5, 5.41) is 12.0. The molecule has 19 heavy (non-hydrogen) atoms. The molecule has 0 unspecified atom stereocenters. The first kappa shape index (κ1) is 13.9. The molecule has 0 atom stereocenters. The summed E-state index contributed by atoms with van der Waals surface area (Å²) in [5.41, 5.74) is 1.90. The number of amides is 2. The number of nitrogens with zero attached hydrogens (tertiary/aromatic N) is 1. The molecule has 2 N–H and O–H groups in total. The molecule has 0 aliphatic carbocycles. The standard InChI is InChI=1S/C15H22N2O2/c18-12-14-7-5-6-13(10-14)11-16-15(19)17-8-3-1-2-4-9-17/h5-7,10,18H,1-4,8-9,11-12H2,(H,16,19). The van der Waals surface area contributed by atoms with Crippen molar-refractivity contribution in [2.24, 2.45) is 0 Å². The Balaban J connectivity index is 1.84. The van der Waals surface area contributed by atoms with Gasteiger partial charge in [-0.2, -0.15) is 0 Å². The molecule has 1 heterocycles. The number of urea groups is 1. The van der Waals surface area contributed by atoms with Gasteiger partial charge in [-0.1, -0.05) is 37.1 Å². The highest BCUT2D eigenvalue weighted by molar-refractivity contribution is 5.74. The van der Waals surface area contributed by atoms with Crippen molar-refractivity contribution in [2.75, 3.05) is 13.1 Å². The highest BCUT2D eigenvalue weighted by Crippen LogP contribution is 2.10. The van der Waals surface area contributed by atoms with E-state index < -0.39 is 0 Å². The van der Waals surface area contributed by atoms with Crippen LogP contribution in [0.4, 0.5) is 4.79 Å². The van der Waals surface area contributed by atoms with Crippen molar-refractivity contribution in [3.8, 4) is 0 Å². The monoisotopic (exact) mass is 262 g/mol. The number of benzene rings is 1. The fraction of sp³-hybridized carbons (Fsp3) is 0.533. The molecule has 0 bridgehead atoms. The van der Waals surface area contributed by atoms with E-state index in [-0.39, 0.29) is 12.6 Å². The lowest BCUT2D eigenvalue weighted by Crippen LogP contribution is -2.40. The first-order valence-corrected chi connectivity index (χ1v) is 7.01. The van der Waals surface area contributed by atoms with Crippen LogP contribution in [0.15, 0.2) is 24.3 Å². The average Bonchev–Trinajstić information content (AvgIpc) is 2.74. The predicted molar refractivity (Wildman–Crippen MR) is 74.6 cm³/mol. The Labute approximate surface area is 114 Å². The summed E-state index contributed by atoms with van der Waals surface area (Å²) in [5.74, 6) is 0. The third kappa shape index (κ3) is 4.24. The van der Waals surface area contributed by atoms with E-state index in [1.54, 1.807) is 0 Å². The van der Waals surface area contributed by atoms with Crippen molar-refractivity contribution in [2.45, 2.75) is 38.8 Å². The van der Waals surface area contributed by atoms with Crippen LogP contribution in [0.5, 0.6) is 0 Å². The van der Waals surface area contributed by atoms with Gasteiger partial charge in [0.2, 0.25) is 0 Å². The Morgan fingerprint density at radius 2 is 1.84 bits per heavy atom. The van der Waals surface area contributed by atoms with Crippen LogP contribution in [-0.2, 0) is 13.2 Å². The summed E-state index contributed by atoms with van der Waals surface area (Å²) < 4.78 is 0. The summed E-state index contributed by atoms with van der Waals surface area (Å²) in [7, 11) is 0. The Hall–Kier alpha value is -1.55. The number of carbonyl (C=O) groups excluding carboxylic acids is 1. The summed E-state index contributed by atoms with van der Waals surface area (Å²) >= 11 is 0. The maximum absolute atomic E-state index is 12.0. The van der Waals surface area contributed by atoms with E-state index >= 15 is 0 Å². The third-order valence-corrected chi connectivity index (χ3v) is 3.51. The molecule has 1 aromatic carbocycles.